The Morgan fingerprint density at radius 2 is 1.84 bits per heavy atom. The Balaban J connectivity index is 1.44. The summed E-state index contributed by atoms with van der Waals surface area (Å²) in [6, 6.07) is 8.13. The van der Waals surface area contributed by atoms with Crippen LogP contribution in [0, 0.1) is 6.92 Å². The zero-order chi connectivity index (χ0) is 17.4. The van der Waals surface area contributed by atoms with Gasteiger partial charge in [-0.1, -0.05) is 18.2 Å². The van der Waals surface area contributed by atoms with Gasteiger partial charge in [0.25, 0.3) is 11.8 Å². The standard InChI is InChI=1S/C19H22N2O3S/c1-13-14-5-2-3-7-16(14)25-17(13)19(23)21-10-8-20(9-11-21)18(22)15-6-4-12-24-15/h2-3,5,7,15H,4,6,8-12H2,1H3. The van der Waals surface area contributed by atoms with Crippen molar-refractivity contribution in [1.82, 2.24) is 9.80 Å². The van der Waals surface area contributed by atoms with Crippen molar-refractivity contribution in [2.45, 2.75) is 25.9 Å². The van der Waals surface area contributed by atoms with Gasteiger partial charge in [0, 0.05) is 37.5 Å². The number of hydrogen-bond acceptors (Lipinski definition) is 4. The summed E-state index contributed by atoms with van der Waals surface area (Å²) in [6.45, 7) is 5.06. The fourth-order valence-corrected chi connectivity index (χ4v) is 4.80. The second-order valence-electron chi connectivity index (χ2n) is 6.67. The lowest BCUT2D eigenvalue weighted by Crippen LogP contribution is -2.52. The van der Waals surface area contributed by atoms with E-state index in [0.29, 0.717) is 32.8 Å². The molecule has 2 fully saturated rings. The van der Waals surface area contributed by atoms with Crippen molar-refractivity contribution < 1.29 is 14.3 Å². The van der Waals surface area contributed by atoms with Gasteiger partial charge in [-0.15, -0.1) is 11.3 Å². The third-order valence-corrected chi connectivity index (χ3v) is 6.38. The van der Waals surface area contributed by atoms with Gasteiger partial charge >= 0.3 is 0 Å². The van der Waals surface area contributed by atoms with E-state index in [2.05, 4.69) is 12.1 Å². The zero-order valence-electron chi connectivity index (χ0n) is 14.4. The molecule has 132 valence electrons. The number of hydrogen-bond donors (Lipinski definition) is 0. The number of fused-ring (bicyclic) bond motifs is 1. The fourth-order valence-electron chi connectivity index (χ4n) is 3.63. The normalized spacial score (nSPS) is 21.1. The molecule has 1 unspecified atom stereocenters. The molecule has 2 aliphatic heterocycles. The van der Waals surface area contributed by atoms with Gasteiger partial charge in [-0.25, -0.2) is 0 Å². The van der Waals surface area contributed by atoms with E-state index in [1.54, 1.807) is 11.3 Å². The first-order valence-corrected chi connectivity index (χ1v) is 9.64. The third-order valence-electron chi connectivity index (χ3n) is 5.12. The van der Waals surface area contributed by atoms with Gasteiger partial charge in [-0.2, -0.15) is 0 Å². The molecule has 2 amide bonds. The molecule has 0 aliphatic carbocycles. The first-order valence-electron chi connectivity index (χ1n) is 8.83. The summed E-state index contributed by atoms with van der Waals surface area (Å²) in [7, 11) is 0. The molecule has 5 nitrogen and oxygen atoms in total. The number of aryl methyl sites for hydroxylation is 1. The molecular weight excluding hydrogens is 336 g/mol. The van der Waals surface area contributed by atoms with Gasteiger partial charge in [0.05, 0.1) is 4.88 Å². The zero-order valence-corrected chi connectivity index (χ0v) is 15.2. The average Bonchev–Trinajstić information content (AvgIpc) is 3.30. The maximum atomic E-state index is 12.9. The van der Waals surface area contributed by atoms with E-state index < -0.39 is 0 Å². The van der Waals surface area contributed by atoms with Crippen LogP contribution in [0.3, 0.4) is 0 Å². The van der Waals surface area contributed by atoms with Gasteiger partial charge in [-0.05, 0) is 36.8 Å². The van der Waals surface area contributed by atoms with Crippen LogP contribution in [0.15, 0.2) is 24.3 Å². The highest BCUT2D eigenvalue weighted by molar-refractivity contribution is 7.21. The molecule has 4 rings (SSSR count). The van der Waals surface area contributed by atoms with Gasteiger partial charge in [0.2, 0.25) is 0 Å². The number of piperazine rings is 1. The summed E-state index contributed by atoms with van der Waals surface area (Å²) in [5.74, 6) is 0.172. The molecule has 1 aromatic carbocycles. The number of rotatable bonds is 2. The van der Waals surface area contributed by atoms with E-state index >= 15 is 0 Å². The Morgan fingerprint density at radius 3 is 2.52 bits per heavy atom. The third kappa shape index (κ3) is 3.04. The Labute approximate surface area is 151 Å². The number of thiophene rings is 1. The molecule has 0 saturated carbocycles. The molecule has 0 bridgehead atoms. The molecule has 1 aromatic heterocycles. The predicted octanol–water partition coefficient (Wildman–Crippen LogP) is 2.67. The second kappa shape index (κ2) is 6.77. The topological polar surface area (TPSA) is 49.9 Å². The van der Waals surface area contributed by atoms with Crippen LogP contribution in [0.25, 0.3) is 10.1 Å². The summed E-state index contributed by atoms with van der Waals surface area (Å²) in [4.78, 5) is 29.9. The van der Waals surface area contributed by atoms with Crippen molar-refractivity contribution in [2.24, 2.45) is 0 Å². The Morgan fingerprint density at radius 1 is 1.12 bits per heavy atom. The Hall–Kier alpha value is -1.92. The smallest absolute Gasteiger partial charge is 0.264 e. The van der Waals surface area contributed by atoms with Crippen LogP contribution in [-0.4, -0.2) is 60.5 Å². The van der Waals surface area contributed by atoms with E-state index in [1.807, 2.05) is 28.9 Å². The van der Waals surface area contributed by atoms with Crippen LogP contribution in [-0.2, 0) is 9.53 Å². The van der Waals surface area contributed by atoms with E-state index in [1.165, 1.54) is 0 Å². The molecule has 6 heteroatoms. The summed E-state index contributed by atoms with van der Waals surface area (Å²) in [6.07, 6.45) is 1.51. The number of carbonyl (C=O) groups excluding carboxylic acids is 2. The molecule has 2 saturated heterocycles. The van der Waals surface area contributed by atoms with Gasteiger partial charge in [0.1, 0.15) is 6.10 Å². The van der Waals surface area contributed by atoms with Crippen LogP contribution in [0.5, 0.6) is 0 Å². The van der Waals surface area contributed by atoms with Gasteiger partial charge < -0.3 is 14.5 Å². The van der Waals surface area contributed by atoms with Crippen molar-refractivity contribution in [1.29, 1.82) is 0 Å². The quantitative estimate of drug-likeness (QED) is 0.829. The SMILES string of the molecule is Cc1c(C(=O)N2CCN(C(=O)C3CCCO3)CC2)sc2ccccc12. The number of ether oxygens (including phenoxy) is 1. The summed E-state index contributed by atoms with van der Waals surface area (Å²) in [5.41, 5.74) is 1.06. The van der Waals surface area contributed by atoms with Crippen LogP contribution in [0.2, 0.25) is 0 Å². The molecular formula is C19H22N2O3S. The maximum absolute atomic E-state index is 12.9. The molecule has 2 aliphatic rings. The molecule has 2 aromatic rings. The minimum atomic E-state index is -0.271. The van der Waals surface area contributed by atoms with E-state index in [0.717, 1.165) is 33.4 Å². The predicted molar refractivity (Wildman–Crippen MR) is 98.0 cm³/mol. The maximum Gasteiger partial charge on any atom is 0.264 e. The monoisotopic (exact) mass is 358 g/mol. The molecule has 0 radical (unpaired) electrons. The van der Waals surface area contributed by atoms with Crippen LogP contribution >= 0.6 is 11.3 Å². The molecule has 0 spiro atoms. The van der Waals surface area contributed by atoms with Crippen molar-refractivity contribution in [2.75, 3.05) is 32.8 Å². The number of carbonyl (C=O) groups is 2. The van der Waals surface area contributed by atoms with Crippen LogP contribution in [0.4, 0.5) is 0 Å². The highest BCUT2D eigenvalue weighted by Crippen LogP contribution is 2.31. The van der Waals surface area contributed by atoms with Crippen molar-refractivity contribution >= 4 is 33.2 Å². The summed E-state index contributed by atoms with van der Waals surface area (Å²) in [5, 5.41) is 1.16. The number of benzene rings is 1. The summed E-state index contributed by atoms with van der Waals surface area (Å²) < 4.78 is 6.64. The number of nitrogens with zero attached hydrogens (tertiary/aromatic N) is 2. The molecule has 0 N–H and O–H groups in total. The first kappa shape index (κ1) is 16.5. The van der Waals surface area contributed by atoms with E-state index in [-0.39, 0.29) is 17.9 Å². The average molecular weight is 358 g/mol. The van der Waals surface area contributed by atoms with Crippen molar-refractivity contribution in [3.8, 4) is 0 Å². The fraction of sp³-hybridized carbons (Fsp3) is 0.474. The largest absolute Gasteiger partial charge is 0.368 e. The van der Waals surface area contributed by atoms with Crippen molar-refractivity contribution in [3.05, 3.63) is 34.7 Å². The van der Waals surface area contributed by atoms with E-state index in [4.69, 9.17) is 4.74 Å². The summed E-state index contributed by atoms with van der Waals surface area (Å²) >= 11 is 1.56. The molecule has 1 atom stereocenters. The number of amides is 2. The molecule has 3 heterocycles. The van der Waals surface area contributed by atoms with Gasteiger partial charge in [-0.3, -0.25) is 9.59 Å². The van der Waals surface area contributed by atoms with Crippen LogP contribution in [0.1, 0.15) is 28.1 Å². The Bertz CT molecular complexity index is 802. The van der Waals surface area contributed by atoms with Crippen LogP contribution < -0.4 is 0 Å². The lowest BCUT2D eigenvalue weighted by Gasteiger charge is -2.35. The lowest BCUT2D eigenvalue weighted by molar-refractivity contribution is -0.142. The minimum Gasteiger partial charge on any atom is -0.368 e. The highest BCUT2D eigenvalue weighted by atomic mass is 32.1. The highest BCUT2D eigenvalue weighted by Gasteiger charge is 2.32. The lowest BCUT2D eigenvalue weighted by atomic mass is 10.1. The van der Waals surface area contributed by atoms with E-state index in [9.17, 15) is 9.59 Å². The minimum absolute atomic E-state index is 0.0858. The Kier molecular flexibility index (Phi) is 4.48. The molecule has 25 heavy (non-hydrogen) atoms. The first-order chi connectivity index (χ1) is 12.1. The van der Waals surface area contributed by atoms with Crippen molar-refractivity contribution in [3.63, 3.8) is 0 Å². The van der Waals surface area contributed by atoms with Gasteiger partial charge in [0.15, 0.2) is 0 Å². The second-order valence-corrected chi connectivity index (χ2v) is 7.72.